The second kappa shape index (κ2) is 8.20. The van der Waals surface area contributed by atoms with Gasteiger partial charge in [-0.2, -0.15) is 0 Å². The smallest absolute Gasteiger partial charge is 0.317 e. The van der Waals surface area contributed by atoms with Gasteiger partial charge < -0.3 is 15.0 Å². The number of piperidine rings is 1. The van der Waals surface area contributed by atoms with Gasteiger partial charge in [0.1, 0.15) is 0 Å². The fourth-order valence-electron chi connectivity index (χ4n) is 3.44. The van der Waals surface area contributed by atoms with Crippen LogP contribution in [0, 0.1) is 5.92 Å². The number of imide groups is 1. The van der Waals surface area contributed by atoms with Gasteiger partial charge in [0.2, 0.25) is 0 Å². The Hall–Kier alpha value is -2.90. The number of urea groups is 1. The summed E-state index contributed by atoms with van der Waals surface area (Å²) in [5, 5.41) is 2.73. The molecule has 1 atom stereocenters. The molecule has 1 aromatic rings. The van der Waals surface area contributed by atoms with Crippen LogP contribution in [0.1, 0.15) is 40.5 Å². The molecular weight excluding hydrogens is 350 g/mol. The molecule has 0 aromatic heterocycles. The van der Waals surface area contributed by atoms with E-state index in [1.54, 1.807) is 36.1 Å². The third kappa shape index (κ3) is 3.94. The molecule has 2 heterocycles. The number of fused-ring (bicyclic) bond motifs is 1. The predicted octanol–water partition coefficient (Wildman–Crippen LogP) is 1.27. The van der Waals surface area contributed by atoms with E-state index in [9.17, 15) is 19.2 Å². The van der Waals surface area contributed by atoms with E-state index in [1.807, 2.05) is 0 Å². The monoisotopic (exact) mass is 373 g/mol. The number of likely N-dealkylation sites (tertiary alicyclic amines) is 1. The number of ether oxygens (including phenoxy) is 1. The quantitative estimate of drug-likeness (QED) is 0.619. The average Bonchev–Trinajstić information content (AvgIpc) is 2.93. The molecule has 1 saturated heterocycles. The number of benzene rings is 1. The Labute approximate surface area is 157 Å². The van der Waals surface area contributed by atoms with Crippen molar-refractivity contribution in [3.8, 4) is 0 Å². The fraction of sp³-hybridized carbons (Fsp3) is 0.474. The van der Waals surface area contributed by atoms with Crippen LogP contribution in [0.4, 0.5) is 4.79 Å². The van der Waals surface area contributed by atoms with Crippen molar-refractivity contribution in [2.45, 2.75) is 19.8 Å². The lowest BCUT2D eigenvalue weighted by Gasteiger charge is -2.31. The summed E-state index contributed by atoms with van der Waals surface area (Å²) >= 11 is 0. The highest BCUT2D eigenvalue weighted by molar-refractivity contribution is 6.21. The van der Waals surface area contributed by atoms with Crippen molar-refractivity contribution in [3.05, 3.63) is 35.4 Å². The van der Waals surface area contributed by atoms with E-state index in [-0.39, 0.29) is 42.8 Å². The van der Waals surface area contributed by atoms with Crippen LogP contribution in [-0.4, -0.2) is 66.4 Å². The molecule has 1 N–H and O–H groups in total. The maximum absolute atomic E-state index is 12.4. The summed E-state index contributed by atoms with van der Waals surface area (Å²) < 4.78 is 5.03. The zero-order valence-electron chi connectivity index (χ0n) is 15.3. The van der Waals surface area contributed by atoms with Gasteiger partial charge in [-0.15, -0.1) is 0 Å². The largest absolute Gasteiger partial charge is 0.466 e. The van der Waals surface area contributed by atoms with Crippen molar-refractivity contribution in [1.82, 2.24) is 15.1 Å². The fourth-order valence-corrected chi connectivity index (χ4v) is 3.44. The first-order valence-electron chi connectivity index (χ1n) is 9.17. The molecule has 8 nitrogen and oxygen atoms in total. The summed E-state index contributed by atoms with van der Waals surface area (Å²) in [4.78, 5) is 51.5. The van der Waals surface area contributed by atoms with Gasteiger partial charge in [-0.1, -0.05) is 12.1 Å². The van der Waals surface area contributed by atoms with Crippen LogP contribution in [0.15, 0.2) is 24.3 Å². The molecular formula is C19H23N3O5. The van der Waals surface area contributed by atoms with E-state index in [2.05, 4.69) is 5.32 Å². The summed E-state index contributed by atoms with van der Waals surface area (Å²) in [6.45, 7) is 3.22. The van der Waals surface area contributed by atoms with E-state index in [0.717, 1.165) is 11.3 Å². The summed E-state index contributed by atoms with van der Waals surface area (Å²) in [5.74, 6) is -1.27. The highest BCUT2D eigenvalue weighted by Gasteiger charge is 2.35. The summed E-state index contributed by atoms with van der Waals surface area (Å²) in [6.07, 6.45) is 1.44. The Bertz CT molecular complexity index is 728. The molecule has 0 spiro atoms. The van der Waals surface area contributed by atoms with Crippen molar-refractivity contribution >= 4 is 23.8 Å². The van der Waals surface area contributed by atoms with E-state index in [4.69, 9.17) is 4.74 Å². The number of nitrogens with zero attached hydrogens (tertiary/aromatic N) is 2. The minimum Gasteiger partial charge on any atom is -0.466 e. The number of carbonyl (C=O) groups excluding carboxylic acids is 4. The van der Waals surface area contributed by atoms with Crippen molar-refractivity contribution in [1.29, 1.82) is 0 Å². The maximum Gasteiger partial charge on any atom is 0.317 e. The molecule has 0 saturated carbocycles. The lowest BCUT2D eigenvalue weighted by Crippen LogP contribution is -2.49. The van der Waals surface area contributed by atoms with Crippen LogP contribution in [-0.2, 0) is 9.53 Å². The Morgan fingerprint density at radius 1 is 1.19 bits per heavy atom. The highest BCUT2D eigenvalue weighted by Crippen LogP contribution is 2.22. The van der Waals surface area contributed by atoms with Gasteiger partial charge in [0.15, 0.2) is 0 Å². The molecule has 2 aliphatic heterocycles. The number of rotatable bonds is 5. The van der Waals surface area contributed by atoms with Crippen LogP contribution >= 0.6 is 0 Å². The molecule has 4 amide bonds. The summed E-state index contributed by atoms with van der Waals surface area (Å²) in [7, 11) is 0. The molecule has 2 aliphatic rings. The van der Waals surface area contributed by atoms with E-state index in [1.165, 1.54) is 0 Å². The SMILES string of the molecule is CCOC(=O)C1CCCN(C(=O)NCCN2C(=O)c3ccccc3C2=O)C1. The Morgan fingerprint density at radius 3 is 2.48 bits per heavy atom. The summed E-state index contributed by atoms with van der Waals surface area (Å²) in [6, 6.07) is 6.37. The molecule has 0 radical (unpaired) electrons. The number of esters is 1. The molecule has 27 heavy (non-hydrogen) atoms. The van der Waals surface area contributed by atoms with Gasteiger partial charge in [-0.25, -0.2) is 4.79 Å². The standard InChI is InChI=1S/C19H23N3O5/c1-2-27-18(25)13-6-5-10-21(12-13)19(26)20-9-11-22-16(23)14-7-3-4-8-15(14)17(22)24/h3-4,7-8,13H,2,5-6,9-12H2,1H3,(H,20,26). The Morgan fingerprint density at radius 2 is 1.85 bits per heavy atom. The van der Waals surface area contributed by atoms with Crippen molar-refractivity contribution in [2.24, 2.45) is 5.92 Å². The Kier molecular flexibility index (Phi) is 5.73. The Balaban J connectivity index is 1.49. The first kappa shape index (κ1) is 18.9. The zero-order valence-corrected chi connectivity index (χ0v) is 15.3. The van der Waals surface area contributed by atoms with Crippen molar-refractivity contribution in [3.63, 3.8) is 0 Å². The number of hydrogen-bond donors (Lipinski definition) is 1. The number of carbonyl (C=O) groups is 4. The molecule has 3 rings (SSSR count). The molecule has 1 unspecified atom stereocenters. The van der Waals surface area contributed by atoms with E-state index in [0.29, 0.717) is 37.2 Å². The molecule has 1 fully saturated rings. The van der Waals surface area contributed by atoms with Gasteiger partial charge in [-0.3, -0.25) is 19.3 Å². The third-order valence-corrected chi connectivity index (χ3v) is 4.82. The van der Waals surface area contributed by atoms with Crippen LogP contribution in [0.25, 0.3) is 0 Å². The predicted molar refractivity (Wildman–Crippen MR) is 96.1 cm³/mol. The summed E-state index contributed by atoms with van der Waals surface area (Å²) in [5.41, 5.74) is 0.782. The first-order chi connectivity index (χ1) is 13.0. The van der Waals surface area contributed by atoms with Gasteiger partial charge in [0.05, 0.1) is 23.7 Å². The van der Waals surface area contributed by atoms with E-state index < -0.39 is 0 Å². The van der Waals surface area contributed by atoms with Gasteiger partial charge in [0, 0.05) is 26.2 Å². The van der Waals surface area contributed by atoms with Gasteiger partial charge in [-0.05, 0) is 31.9 Å². The second-order valence-electron chi connectivity index (χ2n) is 6.58. The topological polar surface area (TPSA) is 96.0 Å². The number of hydrogen-bond acceptors (Lipinski definition) is 5. The van der Waals surface area contributed by atoms with E-state index >= 15 is 0 Å². The van der Waals surface area contributed by atoms with Crippen LogP contribution < -0.4 is 5.32 Å². The first-order valence-corrected chi connectivity index (χ1v) is 9.17. The highest BCUT2D eigenvalue weighted by atomic mass is 16.5. The average molecular weight is 373 g/mol. The molecule has 144 valence electrons. The van der Waals surface area contributed by atoms with Crippen LogP contribution in [0.5, 0.6) is 0 Å². The number of nitrogens with one attached hydrogen (secondary N) is 1. The number of amides is 4. The van der Waals surface area contributed by atoms with Crippen LogP contribution in [0.3, 0.4) is 0 Å². The van der Waals surface area contributed by atoms with Crippen molar-refractivity contribution in [2.75, 3.05) is 32.8 Å². The zero-order chi connectivity index (χ0) is 19.4. The van der Waals surface area contributed by atoms with Gasteiger partial charge >= 0.3 is 12.0 Å². The minimum atomic E-state index is -0.342. The molecule has 0 aliphatic carbocycles. The molecule has 8 heteroatoms. The molecule has 0 bridgehead atoms. The van der Waals surface area contributed by atoms with Crippen molar-refractivity contribution < 1.29 is 23.9 Å². The van der Waals surface area contributed by atoms with Gasteiger partial charge in [0.25, 0.3) is 11.8 Å². The second-order valence-corrected chi connectivity index (χ2v) is 6.58. The third-order valence-electron chi connectivity index (χ3n) is 4.82. The maximum atomic E-state index is 12.4. The minimum absolute atomic E-state index is 0.104. The molecule has 1 aromatic carbocycles. The lowest BCUT2D eigenvalue weighted by atomic mass is 9.98. The lowest BCUT2D eigenvalue weighted by molar-refractivity contribution is -0.149. The van der Waals surface area contributed by atoms with Crippen LogP contribution in [0.2, 0.25) is 0 Å². The normalized spacial score (nSPS) is 19.1.